The van der Waals surface area contributed by atoms with Crippen LogP contribution in [0.4, 0.5) is 4.79 Å². The number of nitrogens with one attached hydrogen (secondary N) is 2. The van der Waals surface area contributed by atoms with E-state index >= 15 is 0 Å². The lowest BCUT2D eigenvalue weighted by Crippen LogP contribution is -2.51. The first-order chi connectivity index (χ1) is 11.6. The maximum atomic E-state index is 12.5. The Hall–Kier alpha value is -2.57. The van der Waals surface area contributed by atoms with Crippen LogP contribution >= 0.6 is 0 Å². The second-order valence-electron chi connectivity index (χ2n) is 6.90. The van der Waals surface area contributed by atoms with Gasteiger partial charge in [-0.25, -0.2) is 4.79 Å². The summed E-state index contributed by atoms with van der Waals surface area (Å²) in [6, 6.07) is 7.80. The van der Waals surface area contributed by atoms with Gasteiger partial charge in [0.05, 0.1) is 6.42 Å². The van der Waals surface area contributed by atoms with Gasteiger partial charge in [-0.15, -0.1) is 0 Å². The van der Waals surface area contributed by atoms with E-state index in [1.807, 2.05) is 30.3 Å². The standard InChI is InChI=1S/C18H26N2O5/c1-12(10-15(21)22)19-16(23)14(11-13-8-6-5-7-9-13)20-17(24)25-18(2,3)4/h5-9,12,14H,10-11H2,1-4H3,(H,19,23)(H,20,24)(H,21,22)/t12-,14+/m1/s1. The molecule has 2 amide bonds. The quantitative estimate of drug-likeness (QED) is 0.698. The first-order valence-corrected chi connectivity index (χ1v) is 8.12. The van der Waals surface area contributed by atoms with Crippen molar-refractivity contribution in [2.24, 2.45) is 0 Å². The van der Waals surface area contributed by atoms with Crippen molar-refractivity contribution in [2.45, 2.75) is 58.2 Å². The molecule has 0 radical (unpaired) electrons. The number of carbonyl (C=O) groups is 3. The van der Waals surface area contributed by atoms with Crippen molar-refractivity contribution in [1.82, 2.24) is 10.6 Å². The molecule has 2 atom stereocenters. The van der Waals surface area contributed by atoms with Gasteiger partial charge in [-0.1, -0.05) is 30.3 Å². The molecule has 0 aromatic heterocycles. The molecule has 0 aliphatic rings. The molecular formula is C18H26N2O5. The fraction of sp³-hybridized carbons (Fsp3) is 0.500. The Labute approximate surface area is 147 Å². The predicted octanol–water partition coefficient (Wildman–Crippen LogP) is 2.10. The van der Waals surface area contributed by atoms with Crippen LogP contribution in [0.3, 0.4) is 0 Å². The predicted molar refractivity (Wildman–Crippen MR) is 93.2 cm³/mol. The van der Waals surface area contributed by atoms with E-state index in [9.17, 15) is 14.4 Å². The molecule has 7 heteroatoms. The number of rotatable bonds is 7. The third-order valence-corrected chi connectivity index (χ3v) is 3.16. The highest BCUT2D eigenvalue weighted by atomic mass is 16.6. The molecule has 0 fully saturated rings. The second kappa shape index (κ2) is 9.05. The van der Waals surface area contributed by atoms with E-state index in [2.05, 4.69) is 10.6 Å². The van der Waals surface area contributed by atoms with Gasteiger partial charge in [-0.2, -0.15) is 0 Å². The number of benzene rings is 1. The highest BCUT2D eigenvalue weighted by molar-refractivity contribution is 5.86. The van der Waals surface area contributed by atoms with Gasteiger partial charge in [0.1, 0.15) is 11.6 Å². The molecule has 0 bridgehead atoms. The average Bonchev–Trinajstić information content (AvgIpc) is 2.44. The summed E-state index contributed by atoms with van der Waals surface area (Å²) in [5.41, 5.74) is 0.179. The Balaban J connectivity index is 2.81. The Morgan fingerprint density at radius 2 is 1.72 bits per heavy atom. The lowest BCUT2D eigenvalue weighted by atomic mass is 10.0. The van der Waals surface area contributed by atoms with Gasteiger partial charge in [-0.05, 0) is 33.3 Å². The number of hydrogen-bond acceptors (Lipinski definition) is 4. The number of amides is 2. The molecule has 7 nitrogen and oxygen atoms in total. The zero-order chi connectivity index (χ0) is 19.0. The van der Waals surface area contributed by atoms with E-state index in [0.29, 0.717) is 0 Å². The van der Waals surface area contributed by atoms with E-state index in [-0.39, 0.29) is 12.8 Å². The first-order valence-electron chi connectivity index (χ1n) is 8.12. The molecule has 1 rings (SSSR count). The highest BCUT2D eigenvalue weighted by Gasteiger charge is 2.25. The SMILES string of the molecule is C[C@H](CC(=O)O)NC(=O)[C@H](Cc1ccccc1)NC(=O)OC(C)(C)C. The van der Waals surface area contributed by atoms with Crippen molar-refractivity contribution < 1.29 is 24.2 Å². The zero-order valence-electron chi connectivity index (χ0n) is 15.0. The number of carboxylic acid groups (broad SMARTS) is 1. The van der Waals surface area contributed by atoms with Crippen molar-refractivity contribution in [1.29, 1.82) is 0 Å². The molecule has 25 heavy (non-hydrogen) atoms. The number of hydrogen-bond donors (Lipinski definition) is 3. The lowest BCUT2D eigenvalue weighted by Gasteiger charge is -2.24. The van der Waals surface area contributed by atoms with Crippen molar-refractivity contribution in [3.8, 4) is 0 Å². The van der Waals surface area contributed by atoms with Crippen LogP contribution in [-0.4, -0.2) is 40.8 Å². The summed E-state index contributed by atoms with van der Waals surface area (Å²) in [6.45, 7) is 6.79. The van der Waals surface area contributed by atoms with Crippen molar-refractivity contribution in [3.63, 3.8) is 0 Å². The molecule has 3 N–H and O–H groups in total. The summed E-state index contributed by atoms with van der Waals surface area (Å²) in [5, 5.41) is 14.0. The summed E-state index contributed by atoms with van der Waals surface area (Å²) < 4.78 is 5.20. The largest absolute Gasteiger partial charge is 0.481 e. The van der Waals surface area contributed by atoms with Gasteiger partial charge in [0.15, 0.2) is 0 Å². The molecular weight excluding hydrogens is 324 g/mol. The Morgan fingerprint density at radius 1 is 1.12 bits per heavy atom. The second-order valence-corrected chi connectivity index (χ2v) is 6.90. The van der Waals surface area contributed by atoms with Crippen LogP contribution in [0.5, 0.6) is 0 Å². The third kappa shape index (κ3) is 8.74. The minimum atomic E-state index is -1.01. The van der Waals surface area contributed by atoms with Gasteiger partial charge in [0.2, 0.25) is 5.91 Å². The van der Waals surface area contributed by atoms with Crippen LogP contribution < -0.4 is 10.6 Å². The smallest absolute Gasteiger partial charge is 0.408 e. The van der Waals surface area contributed by atoms with Crippen molar-refractivity contribution in [2.75, 3.05) is 0 Å². The topological polar surface area (TPSA) is 105 Å². The molecule has 0 heterocycles. The fourth-order valence-corrected chi connectivity index (χ4v) is 2.17. The zero-order valence-corrected chi connectivity index (χ0v) is 15.0. The van der Waals surface area contributed by atoms with Crippen LogP contribution in [0.25, 0.3) is 0 Å². The van der Waals surface area contributed by atoms with Crippen LogP contribution in [-0.2, 0) is 20.7 Å². The molecule has 0 spiro atoms. The van der Waals surface area contributed by atoms with Crippen LogP contribution in [0.15, 0.2) is 30.3 Å². The molecule has 0 aliphatic carbocycles. The summed E-state index contributed by atoms with van der Waals surface area (Å²) in [4.78, 5) is 35.2. The van der Waals surface area contributed by atoms with Gasteiger partial charge in [-0.3, -0.25) is 9.59 Å². The number of aliphatic carboxylic acids is 1. The normalized spacial score (nSPS) is 13.4. The van der Waals surface area contributed by atoms with Gasteiger partial charge < -0.3 is 20.5 Å². The van der Waals surface area contributed by atoms with Crippen molar-refractivity contribution >= 4 is 18.0 Å². The van der Waals surface area contributed by atoms with Crippen LogP contribution in [0.1, 0.15) is 39.7 Å². The minimum Gasteiger partial charge on any atom is -0.481 e. The summed E-state index contributed by atoms with van der Waals surface area (Å²) in [5.74, 6) is -1.46. The van der Waals surface area contributed by atoms with Crippen LogP contribution in [0.2, 0.25) is 0 Å². The molecule has 0 unspecified atom stereocenters. The van der Waals surface area contributed by atoms with E-state index in [4.69, 9.17) is 9.84 Å². The number of ether oxygens (including phenoxy) is 1. The Bertz CT molecular complexity index is 595. The summed E-state index contributed by atoms with van der Waals surface area (Å²) in [7, 11) is 0. The monoisotopic (exact) mass is 350 g/mol. The number of carbonyl (C=O) groups excluding carboxylic acids is 2. The first kappa shape index (κ1) is 20.5. The lowest BCUT2D eigenvalue weighted by molar-refractivity contribution is -0.137. The van der Waals surface area contributed by atoms with Gasteiger partial charge >= 0.3 is 12.1 Å². The fourth-order valence-electron chi connectivity index (χ4n) is 2.17. The van der Waals surface area contributed by atoms with Crippen molar-refractivity contribution in [3.05, 3.63) is 35.9 Å². The van der Waals surface area contributed by atoms with E-state index in [0.717, 1.165) is 5.56 Å². The minimum absolute atomic E-state index is 0.198. The Morgan fingerprint density at radius 3 is 2.24 bits per heavy atom. The van der Waals surface area contributed by atoms with Crippen LogP contribution in [0, 0.1) is 0 Å². The van der Waals surface area contributed by atoms with Gasteiger partial charge in [0.25, 0.3) is 0 Å². The van der Waals surface area contributed by atoms with E-state index in [1.54, 1.807) is 27.7 Å². The van der Waals surface area contributed by atoms with E-state index in [1.165, 1.54) is 0 Å². The number of alkyl carbamates (subject to hydrolysis) is 1. The maximum Gasteiger partial charge on any atom is 0.408 e. The molecule has 138 valence electrons. The third-order valence-electron chi connectivity index (χ3n) is 3.16. The summed E-state index contributed by atoms with van der Waals surface area (Å²) >= 11 is 0. The average molecular weight is 350 g/mol. The summed E-state index contributed by atoms with van der Waals surface area (Å²) in [6.07, 6.45) is -0.628. The molecule has 0 aliphatic heterocycles. The molecule has 0 saturated carbocycles. The Kier molecular flexibility index (Phi) is 7.42. The molecule has 1 aromatic rings. The number of carboxylic acids is 1. The maximum absolute atomic E-state index is 12.5. The molecule has 1 aromatic carbocycles. The highest BCUT2D eigenvalue weighted by Crippen LogP contribution is 2.09. The molecule has 0 saturated heterocycles. The van der Waals surface area contributed by atoms with Gasteiger partial charge in [0, 0.05) is 12.5 Å². The van der Waals surface area contributed by atoms with E-state index < -0.39 is 35.7 Å².